The van der Waals surface area contributed by atoms with Crippen LogP contribution in [0.15, 0.2) is 18.3 Å². The van der Waals surface area contributed by atoms with Crippen molar-refractivity contribution in [1.82, 2.24) is 10.3 Å². The number of carbonyl (C=O) groups is 2. The molecule has 6 nitrogen and oxygen atoms in total. The number of alkyl carbamates (subject to hydrolysis) is 1. The molecule has 0 aliphatic heterocycles. The Morgan fingerprint density at radius 1 is 1.45 bits per heavy atom. The highest BCUT2D eigenvalue weighted by molar-refractivity contribution is 5.72. The fourth-order valence-electron chi connectivity index (χ4n) is 1.70. The maximum absolute atomic E-state index is 11.8. The third kappa shape index (κ3) is 5.26. The summed E-state index contributed by atoms with van der Waals surface area (Å²) < 4.78 is 5.14. The lowest BCUT2D eigenvalue weighted by atomic mass is 10.1. The van der Waals surface area contributed by atoms with Crippen LogP contribution >= 0.6 is 0 Å². The summed E-state index contributed by atoms with van der Waals surface area (Å²) in [7, 11) is 0. The van der Waals surface area contributed by atoms with E-state index in [9.17, 15) is 9.59 Å². The third-order valence-electron chi connectivity index (χ3n) is 2.45. The quantitative estimate of drug-likeness (QED) is 0.884. The van der Waals surface area contributed by atoms with Crippen LogP contribution in [-0.4, -0.2) is 27.8 Å². The zero-order valence-electron chi connectivity index (χ0n) is 12.1. The molecule has 0 radical (unpaired) electrons. The number of aryl methyl sites for hydroxylation is 1. The second kappa shape index (κ2) is 6.36. The van der Waals surface area contributed by atoms with Crippen molar-refractivity contribution < 1.29 is 19.4 Å². The lowest BCUT2D eigenvalue weighted by Gasteiger charge is -2.23. The van der Waals surface area contributed by atoms with Gasteiger partial charge in [0.25, 0.3) is 0 Å². The molecule has 1 aromatic rings. The molecule has 20 heavy (non-hydrogen) atoms. The van der Waals surface area contributed by atoms with E-state index in [2.05, 4.69) is 10.3 Å². The number of carboxylic acid groups (broad SMARTS) is 1. The van der Waals surface area contributed by atoms with Crippen molar-refractivity contribution in [2.45, 2.75) is 45.8 Å². The summed E-state index contributed by atoms with van der Waals surface area (Å²) >= 11 is 0. The Labute approximate surface area is 118 Å². The smallest absolute Gasteiger partial charge is 0.408 e. The Morgan fingerprint density at radius 2 is 2.10 bits per heavy atom. The minimum absolute atomic E-state index is 0.253. The molecule has 0 bridgehead atoms. The molecule has 1 amide bonds. The number of carbonyl (C=O) groups excluding carboxylic acids is 1. The number of hydrogen-bond donors (Lipinski definition) is 2. The van der Waals surface area contributed by atoms with E-state index in [1.807, 2.05) is 13.0 Å². The van der Waals surface area contributed by atoms with Crippen LogP contribution in [0.4, 0.5) is 4.79 Å². The SMILES string of the molecule is Cc1cccnc1[C@H](CC(=O)O)NC(=O)OC(C)(C)C. The van der Waals surface area contributed by atoms with Crippen molar-refractivity contribution in [3.8, 4) is 0 Å². The maximum Gasteiger partial charge on any atom is 0.408 e. The molecule has 0 saturated heterocycles. The van der Waals surface area contributed by atoms with Crippen molar-refractivity contribution >= 4 is 12.1 Å². The second-order valence-electron chi connectivity index (χ2n) is 5.50. The normalized spacial score (nSPS) is 12.6. The van der Waals surface area contributed by atoms with E-state index in [4.69, 9.17) is 9.84 Å². The molecule has 1 heterocycles. The van der Waals surface area contributed by atoms with Gasteiger partial charge < -0.3 is 15.2 Å². The van der Waals surface area contributed by atoms with E-state index in [-0.39, 0.29) is 6.42 Å². The molecule has 0 aromatic carbocycles. The fourth-order valence-corrected chi connectivity index (χ4v) is 1.70. The van der Waals surface area contributed by atoms with Crippen LogP contribution in [0, 0.1) is 6.92 Å². The maximum atomic E-state index is 11.8. The molecule has 1 rings (SSSR count). The Kier molecular flexibility index (Phi) is 5.07. The van der Waals surface area contributed by atoms with E-state index >= 15 is 0 Å². The molecule has 0 aliphatic carbocycles. The van der Waals surface area contributed by atoms with Crippen molar-refractivity contribution in [3.63, 3.8) is 0 Å². The summed E-state index contributed by atoms with van der Waals surface area (Å²) in [5, 5.41) is 11.5. The number of pyridine rings is 1. The topological polar surface area (TPSA) is 88.5 Å². The number of carboxylic acids is 1. The van der Waals surface area contributed by atoms with E-state index in [1.54, 1.807) is 33.0 Å². The highest BCUT2D eigenvalue weighted by Crippen LogP contribution is 2.19. The van der Waals surface area contributed by atoms with E-state index in [0.29, 0.717) is 5.69 Å². The highest BCUT2D eigenvalue weighted by Gasteiger charge is 2.24. The molecule has 2 N–H and O–H groups in total. The van der Waals surface area contributed by atoms with Gasteiger partial charge in [-0.3, -0.25) is 9.78 Å². The van der Waals surface area contributed by atoms with Crippen LogP contribution in [0.1, 0.15) is 44.5 Å². The number of ether oxygens (including phenoxy) is 1. The van der Waals surface area contributed by atoms with Crippen molar-refractivity contribution in [3.05, 3.63) is 29.6 Å². The predicted octanol–water partition coefficient (Wildman–Crippen LogP) is 2.43. The summed E-state index contributed by atoms with van der Waals surface area (Å²) in [4.78, 5) is 26.9. The zero-order valence-corrected chi connectivity index (χ0v) is 12.1. The summed E-state index contributed by atoms with van der Waals surface area (Å²) in [5.41, 5.74) is 0.701. The van der Waals surface area contributed by atoms with Crippen LogP contribution in [0.3, 0.4) is 0 Å². The average Bonchev–Trinajstić information content (AvgIpc) is 2.25. The Morgan fingerprint density at radius 3 is 2.60 bits per heavy atom. The van der Waals surface area contributed by atoms with E-state index < -0.39 is 23.7 Å². The van der Waals surface area contributed by atoms with Gasteiger partial charge in [-0.05, 0) is 39.3 Å². The Bertz CT molecular complexity index is 494. The molecule has 0 spiro atoms. The molecule has 1 atom stereocenters. The van der Waals surface area contributed by atoms with Gasteiger partial charge >= 0.3 is 12.1 Å². The zero-order chi connectivity index (χ0) is 15.3. The fraction of sp³-hybridized carbons (Fsp3) is 0.500. The van der Waals surface area contributed by atoms with Gasteiger partial charge in [-0.25, -0.2) is 4.79 Å². The van der Waals surface area contributed by atoms with Crippen LogP contribution in [0.2, 0.25) is 0 Å². The predicted molar refractivity (Wildman–Crippen MR) is 73.3 cm³/mol. The number of nitrogens with zero attached hydrogens (tertiary/aromatic N) is 1. The van der Waals surface area contributed by atoms with Crippen LogP contribution in [-0.2, 0) is 9.53 Å². The largest absolute Gasteiger partial charge is 0.481 e. The van der Waals surface area contributed by atoms with Gasteiger partial charge in [-0.15, -0.1) is 0 Å². The number of nitrogens with one attached hydrogen (secondary N) is 1. The van der Waals surface area contributed by atoms with Gasteiger partial charge in [0.05, 0.1) is 18.2 Å². The monoisotopic (exact) mass is 280 g/mol. The lowest BCUT2D eigenvalue weighted by molar-refractivity contribution is -0.137. The number of amides is 1. The van der Waals surface area contributed by atoms with Crippen LogP contribution < -0.4 is 5.32 Å². The third-order valence-corrected chi connectivity index (χ3v) is 2.45. The minimum atomic E-state index is -1.02. The first-order valence-electron chi connectivity index (χ1n) is 6.32. The molecule has 0 saturated carbocycles. The molecule has 0 fully saturated rings. The van der Waals surface area contributed by atoms with Gasteiger partial charge in [0.15, 0.2) is 0 Å². The summed E-state index contributed by atoms with van der Waals surface area (Å²) in [6.45, 7) is 7.04. The molecular formula is C14H20N2O4. The standard InChI is InChI=1S/C14H20N2O4/c1-9-6-5-7-15-12(9)10(8-11(17)18)16-13(19)20-14(2,3)4/h5-7,10H,8H2,1-4H3,(H,16,19)(H,17,18)/t10-/m0/s1. The summed E-state index contributed by atoms with van der Waals surface area (Å²) in [5.74, 6) is -1.02. The molecule has 6 heteroatoms. The average molecular weight is 280 g/mol. The first-order valence-corrected chi connectivity index (χ1v) is 6.32. The van der Waals surface area contributed by atoms with E-state index in [0.717, 1.165) is 5.56 Å². The first kappa shape index (κ1) is 15.9. The molecular weight excluding hydrogens is 260 g/mol. The molecule has 0 aliphatic rings. The van der Waals surface area contributed by atoms with Gasteiger partial charge in [0.2, 0.25) is 0 Å². The lowest BCUT2D eigenvalue weighted by Crippen LogP contribution is -2.36. The van der Waals surface area contributed by atoms with Crippen LogP contribution in [0.5, 0.6) is 0 Å². The van der Waals surface area contributed by atoms with Gasteiger partial charge in [0, 0.05) is 6.20 Å². The molecule has 0 unspecified atom stereocenters. The number of rotatable bonds is 4. The Balaban J connectivity index is 2.88. The van der Waals surface area contributed by atoms with Gasteiger partial charge in [-0.1, -0.05) is 6.07 Å². The number of hydrogen-bond acceptors (Lipinski definition) is 4. The van der Waals surface area contributed by atoms with Gasteiger partial charge in [0.1, 0.15) is 5.60 Å². The molecule has 1 aromatic heterocycles. The van der Waals surface area contributed by atoms with Gasteiger partial charge in [-0.2, -0.15) is 0 Å². The van der Waals surface area contributed by atoms with Crippen molar-refractivity contribution in [1.29, 1.82) is 0 Å². The minimum Gasteiger partial charge on any atom is -0.481 e. The first-order chi connectivity index (χ1) is 9.19. The van der Waals surface area contributed by atoms with E-state index in [1.165, 1.54) is 0 Å². The van der Waals surface area contributed by atoms with Crippen molar-refractivity contribution in [2.75, 3.05) is 0 Å². The summed E-state index contributed by atoms with van der Waals surface area (Å²) in [6, 6.07) is 2.85. The second-order valence-corrected chi connectivity index (χ2v) is 5.50. The van der Waals surface area contributed by atoms with Crippen molar-refractivity contribution in [2.24, 2.45) is 0 Å². The highest BCUT2D eigenvalue weighted by atomic mass is 16.6. The number of aromatic nitrogens is 1. The number of aliphatic carboxylic acids is 1. The summed E-state index contributed by atoms with van der Waals surface area (Å²) in [6.07, 6.45) is 0.652. The van der Waals surface area contributed by atoms with Crippen LogP contribution in [0.25, 0.3) is 0 Å². The Hall–Kier alpha value is -2.11. The molecule has 110 valence electrons.